The van der Waals surface area contributed by atoms with Gasteiger partial charge < -0.3 is 9.32 Å². The van der Waals surface area contributed by atoms with Crippen molar-refractivity contribution in [3.05, 3.63) is 48.2 Å². The van der Waals surface area contributed by atoms with Crippen molar-refractivity contribution in [2.45, 2.75) is 19.9 Å². The number of allylic oxidation sites excluding steroid dienone is 1. The summed E-state index contributed by atoms with van der Waals surface area (Å²) in [6.45, 7) is 3.79. The summed E-state index contributed by atoms with van der Waals surface area (Å²) in [7, 11) is 1.78. The molecule has 1 unspecified atom stereocenters. The summed E-state index contributed by atoms with van der Waals surface area (Å²) in [6, 6.07) is 9.75. The fourth-order valence-electron chi connectivity index (χ4n) is 1.85. The van der Waals surface area contributed by atoms with Crippen LogP contribution in [0.2, 0.25) is 0 Å². The van der Waals surface area contributed by atoms with E-state index >= 15 is 0 Å². The molecule has 0 aliphatic carbocycles. The van der Waals surface area contributed by atoms with Crippen LogP contribution in [-0.2, 0) is 4.79 Å². The zero-order valence-electron chi connectivity index (χ0n) is 10.9. The van der Waals surface area contributed by atoms with E-state index in [1.807, 2.05) is 44.2 Å². The summed E-state index contributed by atoms with van der Waals surface area (Å²) in [5, 5.41) is 1.06. The van der Waals surface area contributed by atoms with Crippen LogP contribution in [0.5, 0.6) is 0 Å². The lowest BCUT2D eigenvalue weighted by Gasteiger charge is -2.21. The molecule has 18 heavy (non-hydrogen) atoms. The number of amides is 1. The predicted octanol–water partition coefficient (Wildman–Crippen LogP) is 3.53. The number of carbonyl (C=O) groups excluding carboxylic acids is 1. The van der Waals surface area contributed by atoms with Gasteiger partial charge in [-0.3, -0.25) is 4.79 Å². The molecule has 0 saturated heterocycles. The molecule has 0 radical (unpaired) electrons. The van der Waals surface area contributed by atoms with Crippen LogP contribution in [0.3, 0.4) is 0 Å². The van der Waals surface area contributed by atoms with Crippen molar-refractivity contribution in [3.63, 3.8) is 0 Å². The molecule has 0 N–H and O–H groups in total. The fourth-order valence-corrected chi connectivity index (χ4v) is 1.85. The number of para-hydroxylation sites is 1. The number of hydrogen-bond donors (Lipinski definition) is 0. The molecule has 0 bridgehead atoms. The first kappa shape index (κ1) is 12.4. The molecule has 3 nitrogen and oxygen atoms in total. The average molecular weight is 243 g/mol. The molecule has 3 heteroatoms. The number of rotatable bonds is 3. The molecule has 1 aromatic carbocycles. The maximum Gasteiger partial charge on any atom is 0.246 e. The molecule has 0 aliphatic heterocycles. The van der Waals surface area contributed by atoms with Crippen LogP contribution >= 0.6 is 0 Å². The zero-order valence-corrected chi connectivity index (χ0v) is 10.9. The third-order valence-corrected chi connectivity index (χ3v) is 3.09. The van der Waals surface area contributed by atoms with Crippen LogP contribution in [0.1, 0.15) is 25.6 Å². The van der Waals surface area contributed by atoms with Gasteiger partial charge >= 0.3 is 0 Å². The third-order valence-electron chi connectivity index (χ3n) is 3.09. The third kappa shape index (κ3) is 2.30. The molecule has 1 heterocycles. The first-order valence-corrected chi connectivity index (χ1v) is 6.01. The minimum Gasteiger partial charge on any atom is -0.459 e. The maximum atomic E-state index is 11.8. The van der Waals surface area contributed by atoms with E-state index in [9.17, 15) is 4.79 Å². The minimum atomic E-state index is -0.0823. The SMILES string of the molecule is CC=CC(=O)N(C)C(C)c1cc2ccccc2o1. The van der Waals surface area contributed by atoms with Crippen molar-refractivity contribution in [1.82, 2.24) is 4.90 Å². The number of nitrogens with zero attached hydrogens (tertiary/aromatic N) is 1. The van der Waals surface area contributed by atoms with Crippen LogP contribution in [0.25, 0.3) is 11.0 Å². The number of benzene rings is 1. The highest BCUT2D eigenvalue weighted by molar-refractivity contribution is 5.87. The Balaban J connectivity index is 2.27. The highest BCUT2D eigenvalue weighted by atomic mass is 16.3. The summed E-state index contributed by atoms with van der Waals surface area (Å²) in [6.07, 6.45) is 3.29. The molecule has 0 fully saturated rings. The molecule has 94 valence electrons. The molecule has 1 atom stereocenters. The standard InChI is InChI=1S/C15H17NO2/c1-4-7-15(17)16(3)11(2)14-10-12-8-5-6-9-13(12)18-14/h4-11H,1-3H3. The zero-order chi connectivity index (χ0) is 13.1. The predicted molar refractivity (Wildman–Crippen MR) is 72.2 cm³/mol. The van der Waals surface area contributed by atoms with E-state index in [4.69, 9.17) is 4.42 Å². The summed E-state index contributed by atoms with van der Waals surface area (Å²) in [5.74, 6) is 0.780. The van der Waals surface area contributed by atoms with Gasteiger partial charge in [0.15, 0.2) is 0 Å². The molecule has 1 aromatic heterocycles. The Kier molecular flexibility index (Phi) is 3.51. The van der Waals surface area contributed by atoms with Gasteiger partial charge in [-0.05, 0) is 32.1 Å². The summed E-state index contributed by atoms with van der Waals surface area (Å²) < 4.78 is 5.76. The van der Waals surface area contributed by atoms with E-state index < -0.39 is 0 Å². The largest absolute Gasteiger partial charge is 0.459 e. The molecular weight excluding hydrogens is 226 g/mol. The van der Waals surface area contributed by atoms with Crippen LogP contribution < -0.4 is 0 Å². The number of fused-ring (bicyclic) bond motifs is 1. The Morgan fingerprint density at radius 3 is 2.78 bits per heavy atom. The van der Waals surface area contributed by atoms with E-state index in [1.54, 1.807) is 24.1 Å². The van der Waals surface area contributed by atoms with Gasteiger partial charge in [0.05, 0.1) is 6.04 Å². The van der Waals surface area contributed by atoms with Crippen molar-refractivity contribution in [1.29, 1.82) is 0 Å². The quantitative estimate of drug-likeness (QED) is 0.773. The monoisotopic (exact) mass is 243 g/mol. The Morgan fingerprint density at radius 1 is 1.39 bits per heavy atom. The van der Waals surface area contributed by atoms with Gasteiger partial charge in [0.2, 0.25) is 5.91 Å². The number of likely N-dealkylation sites (N-methyl/N-ethyl adjacent to an activating group) is 1. The molecule has 0 saturated carbocycles. The lowest BCUT2D eigenvalue weighted by molar-refractivity contribution is -0.126. The van der Waals surface area contributed by atoms with Gasteiger partial charge in [-0.15, -0.1) is 0 Å². The van der Waals surface area contributed by atoms with Crippen molar-refractivity contribution < 1.29 is 9.21 Å². The number of carbonyl (C=O) groups is 1. The summed E-state index contributed by atoms with van der Waals surface area (Å²) in [5.41, 5.74) is 0.853. The van der Waals surface area contributed by atoms with Gasteiger partial charge in [-0.25, -0.2) is 0 Å². The van der Waals surface area contributed by atoms with Crippen molar-refractivity contribution in [2.75, 3.05) is 7.05 Å². The lowest BCUT2D eigenvalue weighted by Crippen LogP contribution is -2.27. The molecule has 0 aliphatic rings. The van der Waals surface area contributed by atoms with Gasteiger partial charge in [0.1, 0.15) is 11.3 Å². The van der Waals surface area contributed by atoms with E-state index in [0.29, 0.717) is 0 Å². The van der Waals surface area contributed by atoms with Crippen LogP contribution in [0.15, 0.2) is 46.9 Å². The highest BCUT2D eigenvalue weighted by Crippen LogP contribution is 2.26. The molecular formula is C15H17NO2. The second-order valence-corrected chi connectivity index (χ2v) is 4.31. The summed E-state index contributed by atoms with van der Waals surface area (Å²) in [4.78, 5) is 13.4. The molecule has 1 amide bonds. The molecule has 0 spiro atoms. The first-order chi connectivity index (χ1) is 8.63. The van der Waals surface area contributed by atoms with E-state index in [-0.39, 0.29) is 11.9 Å². The van der Waals surface area contributed by atoms with Crippen LogP contribution in [0, 0.1) is 0 Å². The first-order valence-electron chi connectivity index (χ1n) is 6.01. The molecule has 2 rings (SSSR count). The Hall–Kier alpha value is -2.03. The topological polar surface area (TPSA) is 33.5 Å². The minimum absolute atomic E-state index is 0.0227. The van der Waals surface area contributed by atoms with E-state index in [0.717, 1.165) is 16.7 Å². The second kappa shape index (κ2) is 5.08. The van der Waals surface area contributed by atoms with Crippen molar-refractivity contribution >= 4 is 16.9 Å². The Morgan fingerprint density at radius 2 is 2.11 bits per heavy atom. The molecule has 2 aromatic rings. The van der Waals surface area contributed by atoms with Crippen LogP contribution in [0.4, 0.5) is 0 Å². The Bertz CT molecular complexity index is 550. The normalized spacial score (nSPS) is 13.1. The lowest BCUT2D eigenvalue weighted by atomic mass is 10.2. The van der Waals surface area contributed by atoms with Crippen molar-refractivity contribution in [2.24, 2.45) is 0 Å². The smallest absolute Gasteiger partial charge is 0.246 e. The second-order valence-electron chi connectivity index (χ2n) is 4.31. The average Bonchev–Trinajstić information content (AvgIpc) is 2.81. The highest BCUT2D eigenvalue weighted by Gasteiger charge is 2.18. The van der Waals surface area contributed by atoms with Crippen molar-refractivity contribution in [3.8, 4) is 0 Å². The van der Waals surface area contributed by atoms with Gasteiger partial charge in [0, 0.05) is 12.4 Å². The van der Waals surface area contributed by atoms with E-state index in [1.165, 1.54) is 0 Å². The van der Waals surface area contributed by atoms with Gasteiger partial charge in [-0.2, -0.15) is 0 Å². The maximum absolute atomic E-state index is 11.8. The fraction of sp³-hybridized carbons (Fsp3) is 0.267. The van der Waals surface area contributed by atoms with Crippen LogP contribution in [-0.4, -0.2) is 17.9 Å². The number of furan rings is 1. The number of hydrogen-bond acceptors (Lipinski definition) is 2. The van der Waals surface area contributed by atoms with E-state index in [2.05, 4.69) is 0 Å². The van der Waals surface area contributed by atoms with Gasteiger partial charge in [-0.1, -0.05) is 24.3 Å². The Labute approximate surface area is 107 Å². The summed E-state index contributed by atoms with van der Waals surface area (Å²) >= 11 is 0. The van der Waals surface area contributed by atoms with Gasteiger partial charge in [0.25, 0.3) is 0 Å².